The Morgan fingerprint density at radius 1 is 1.29 bits per heavy atom. The summed E-state index contributed by atoms with van der Waals surface area (Å²) in [7, 11) is 2.13. The summed E-state index contributed by atoms with van der Waals surface area (Å²) in [5, 5.41) is 12.5. The number of fused-ring (bicyclic) bond motifs is 1. The zero-order valence-electron chi connectivity index (χ0n) is 11.9. The molecule has 106 valence electrons. The topological polar surface area (TPSA) is 39.1 Å². The van der Waals surface area contributed by atoms with Gasteiger partial charge in [0.05, 0.1) is 11.3 Å². The second-order valence-corrected chi connectivity index (χ2v) is 6.21. The standard InChI is InChI=1S/C17H16BrN3/c1-21-7-6-13-8-12(2-5-17(13)21)11-20-16-9-15(18)4-3-14(16)10-19/h2-5,8-9,20H,6-7,11H2,1H3. The summed E-state index contributed by atoms with van der Waals surface area (Å²) in [5.74, 6) is 0. The van der Waals surface area contributed by atoms with Crippen LogP contribution in [-0.2, 0) is 13.0 Å². The van der Waals surface area contributed by atoms with Crippen molar-refractivity contribution in [3.63, 3.8) is 0 Å². The third kappa shape index (κ3) is 2.88. The van der Waals surface area contributed by atoms with Crippen LogP contribution in [-0.4, -0.2) is 13.6 Å². The molecule has 3 nitrogen and oxygen atoms in total. The van der Waals surface area contributed by atoms with Gasteiger partial charge in [0, 0.05) is 30.3 Å². The third-order valence-corrected chi connectivity index (χ3v) is 4.35. The highest BCUT2D eigenvalue weighted by atomic mass is 79.9. The number of hydrogen-bond acceptors (Lipinski definition) is 3. The molecule has 4 heteroatoms. The normalized spacial score (nSPS) is 12.9. The molecule has 2 aromatic carbocycles. The van der Waals surface area contributed by atoms with Crippen LogP contribution in [0.4, 0.5) is 11.4 Å². The highest BCUT2D eigenvalue weighted by Crippen LogP contribution is 2.28. The number of nitriles is 1. The average Bonchev–Trinajstić information content (AvgIpc) is 2.86. The number of benzene rings is 2. The minimum atomic E-state index is 0.666. The molecular weight excluding hydrogens is 326 g/mol. The Hall–Kier alpha value is -1.99. The highest BCUT2D eigenvalue weighted by molar-refractivity contribution is 9.10. The Morgan fingerprint density at radius 3 is 2.95 bits per heavy atom. The lowest BCUT2D eigenvalue weighted by Gasteiger charge is -2.13. The van der Waals surface area contributed by atoms with Crippen molar-refractivity contribution in [2.75, 3.05) is 23.8 Å². The van der Waals surface area contributed by atoms with E-state index in [9.17, 15) is 0 Å². The Morgan fingerprint density at radius 2 is 2.14 bits per heavy atom. The van der Waals surface area contributed by atoms with Crippen LogP contribution in [0.1, 0.15) is 16.7 Å². The van der Waals surface area contributed by atoms with Crippen LogP contribution in [0.3, 0.4) is 0 Å². The predicted molar refractivity (Wildman–Crippen MR) is 89.6 cm³/mol. The van der Waals surface area contributed by atoms with E-state index in [4.69, 9.17) is 5.26 Å². The number of nitrogens with zero attached hydrogens (tertiary/aromatic N) is 2. The fourth-order valence-corrected chi connectivity index (χ4v) is 3.05. The van der Waals surface area contributed by atoms with Crippen molar-refractivity contribution in [2.45, 2.75) is 13.0 Å². The maximum Gasteiger partial charge on any atom is 0.101 e. The van der Waals surface area contributed by atoms with E-state index in [2.05, 4.69) is 57.5 Å². The molecular formula is C17H16BrN3. The van der Waals surface area contributed by atoms with Crippen molar-refractivity contribution in [3.05, 3.63) is 57.6 Å². The molecule has 0 unspecified atom stereocenters. The third-order valence-electron chi connectivity index (χ3n) is 3.86. The van der Waals surface area contributed by atoms with Gasteiger partial charge in [-0.25, -0.2) is 0 Å². The Labute approximate surface area is 133 Å². The lowest BCUT2D eigenvalue weighted by atomic mass is 10.1. The monoisotopic (exact) mass is 341 g/mol. The first-order valence-corrected chi connectivity index (χ1v) is 7.73. The number of nitrogens with one attached hydrogen (secondary N) is 1. The van der Waals surface area contributed by atoms with Crippen LogP contribution in [0.2, 0.25) is 0 Å². The van der Waals surface area contributed by atoms with E-state index in [1.54, 1.807) is 0 Å². The van der Waals surface area contributed by atoms with Crippen molar-refractivity contribution in [2.24, 2.45) is 0 Å². The van der Waals surface area contributed by atoms with E-state index in [1.165, 1.54) is 16.8 Å². The zero-order valence-corrected chi connectivity index (χ0v) is 13.4. The van der Waals surface area contributed by atoms with E-state index in [1.807, 2.05) is 18.2 Å². The van der Waals surface area contributed by atoms with E-state index in [0.717, 1.165) is 29.7 Å². The molecule has 0 radical (unpaired) electrons. The first-order valence-electron chi connectivity index (χ1n) is 6.94. The summed E-state index contributed by atoms with van der Waals surface area (Å²) in [6.07, 6.45) is 1.11. The summed E-state index contributed by atoms with van der Waals surface area (Å²) < 4.78 is 0.972. The van der Waals surface area contributed by atoms with Crippen molar-refractivity contribution in [3.8, 4) is 6.07 Å². The fourth-order valence-electron chi connectivity index (χ4n) is 2.69. The summed E-state index contributed by atoms with van der Waals surface area (Å²) in [4.78, 5) is 2.29. The summed E-state index contributed by atoms with van der Waals surface area (Å²) in [5.41, 5.74) is 5.52. The second kappa shape index (κ2) is 5.79. The lowest BCUT2D eigenvalue weighted by molar-refractivity contribution is 0.955. The molecule has 0 aliphatic carbocycles. The van der Waals surface area contributed by atoms with E-state index < -0.39 is 0 Å². The van der Waals surface area contributed by atoms with Crippen molar-refractivity contribution < 1.29 is 0 Å². The van der Waals surface area contributed by atoms with E-state index in [0.29, 0.717) is 5.56 Å². The molecule has 0 amide bonds. The van der Waals surface area contributed by atoms with E-state index >= 15 is 0 Å². The maximum absolute atomic E-state index is 9.15. The molecule has 1 heterocycles. The summed E-state index contributed by atoms with van der Waals surface area (Å²) >= 11 is 3.44. The Kier molecular flexibility index (Phi) is 3.85. The molecule has 2 aromatic rings. The Bertz CT molecular complexity index is 718. The molecule has 1 N–H and O–H groups in total. The van der Waals surface area contributed by atoms with Crippen LogP contribution in [0.15, 0.2) is 40.9 Å². The van der Waals surface area contributed by atoms with Gasteiger partial charge in [0.2, 0.25) is 0 Å². The first kappa shape index (κ1) is 14.0. The molecule has 1 aliphatic rings. The van der Waals surface area contributed by atoms with Crippen LogP contribution >= 0.6 is 15.9 Å². The van der Waals surface area contributed by atoms with Crippen molar-refractivity contribution >= 4 is 27.3 Å². The van der Waals surface area contributed by atoms with Crippen LogP contribution in [0.5, 0.6) is 0 Å². The molecule has 0 atom stereocenters. The number of anilines is 2. The second-order valence-electron chi connectivity index (χ2n) is 5.29. The van der Waals surface area contributed by atoms with Crippen molar-refractivity contribution in [1.29, 1.82) is 5.26 Å². The average molecular weight is 342 g/mol. The molecule has 0 spiro atoms. The quantitative estimate of drug-likeness (QED) is 0.919. The SMILES string of the molecule is CN1CCc2cc(CNc3cc(Br)ccc3C#N)ccc21. The van der Waals surface area contributed by atoms with Crippen LogP contribution in [0.25, 0.3) is 0 Å². The van der Waals surface area contributed by atoms with Gasteiger partial charge in [0.15, 0.2) is 0 Å². The first-order chi connectivity index (χ1) is 10.2. The van der Waals surface area contributed by atoms with Gasteiger partial charge in [-0.3, -0.25) is 0 Å². The molecule has 0 fully saturated rings. The Balaban J connectivity index is 1.77. The van der Waals surface area contributed by atoms with Gasteiger partial charge in [-0.1, -0.05) is 28.1 Å². The lowest BCUT2D eigenvalue weighted by Crippen LogP contribution is -2.12. The number of hydrogen-bond donors (Lipinski definition) is 1. The van der Waals surface area contributed by atoms with Gasteiger partial charge >= 0.3 is 0 Å². The summed E-state index contributed by atoms with van der Waals surface area (Å²) in [6.45, 7) is 1.82. The van der Waals surface area contributed by atoms with Gasteiger partial charge in [-0.15, -0.1) is 0 Å². The van der Waals surface area contributed by atoms with Gasteiger partial charge < -0.3 is 10.2 Å². The fraction of sp³-hybridized carbons (Fsp3) is 0.235. The van der Waals surface area contributed by atoms with Crippen molar-refractivity contribution in [1.82, 2.24) is 0 Å². The molecule has 0 saturated carbocycles. The van der Waals surface area contributed by atoms with Gasteiger partial charge in [-0.2, -0.15) is 5.26 Å². The molecule has 21 heavy (non-hydrogen) atoms. The van der Waals surface area contributed by atoms with Gasteiger partial charge in [-0.05, 0) is 41.8 Å². The zero-order chi connectivity index (χ0) is 14.8. The maximum atomic E-state index is 9.15. The molecule has 3 rings (SSSR count). The van der Waals surface area contributed by atoms with Gasteiger partial charge in [0.1, 0.15) is 6.07 Å². The predicted octanol–water partition coefficient (Wildman–Crippen LogP) is 3.93. The molecule has 0 bridgehead atoms. The van der Waals surface area contributed by atoms with Gasteiger partial charge in [0.25, 0.3) is 0 Å². The van der Waals surface area contributed by atoms with E-state index in [-0.39, 0.29) is 0 Å². The van der Waals surface area contributed by atoms with Crippen LogP contribution < -0.4 is 10.2 Å². The smallest absolute Gasteiger partial charge is 0.101 e. The minimum Gasteiger partial charge on any atom is -0.380 e. The minimum absolute atomic E-state index is 0.666. The number of halogens is 1. The number of likely N-dealkylation sites (N-methyl/N-ethyl adjacent to an activating group) is 1. The number of rotatable bonds is 3. The van der Waals surface area contributed by atoms with Crippen LogP contribution in [0, 0.1) is 11.3 Å². The molecule has 0 aromatic heterocycles. The molecule has 0 saturated heterocycles. The largest absolute Gasteiger partial charge is 0.380 e. The highest BCUT2D eigenvalue weighted by Gasteiger charge is 2.15. The summed E-state index contributed by atoms with van der Waals surface area (Å²) in [6, 6.07) is 14.5. The molecule has 1 aliphatic heterocycles.